The van der Waals surface area contributed by atoms with Gasteiger partial charge in [0.15, 0.2) is 0 Å². The van der Waals surface area contributed by atoms with Crippen molar-refractivity contribution in [3.63, 3.8) is 0 Å². The number of esters is 1. The van der Waals surface area contributed by atoms with Crippen LogP contribution in [-0.2, 0) is 14.3 Å². The Morgan fingerprint density at radius 3 is 2.22 bits per heavy atom. The maximum atomic E-state index is 11.9. The monoisotopic (exact) mass is 257 g/mol. The second-order valence-electron chi connectivity index (χ2n) is 4.46. The summed E-state index contributed by atoms with van der Waals surface area (Å²) in [6.07, 6.45) is 6.62. The van der Waals surface area contributed by atoms with E-state index in [-0.39, 0.29) is 18.3 Å². The van der Waals surface area contributed by atoms with Gasteiger partial charge in [-0.2, -0.15) is 0 Å². The highest BCUT2D eigenvalue weighted by atomic mass is 16.5. The first kappa shape index (κ1) is 16.9. The van der Waals surface area contributed by atoms with Gasteiger partial charge in [-0.1, -0.05) is 32.6 Å². The molecule has 0 spiro atoms. The van der Waals surface area contributed by atoms with Crippen molar-refractivity contribution in [1.29, 1.82) is 0 Å². The molecule has 106 valence electrons. The normalized spacial score (nSPS) is 10.2. The average Bonchev–Trinajstić information content (AvgIpc) is 2.38. The molecule has 0 radical (unpaired) electrons. The Kier molecular flexibility index (Phi) is 10.4. The second-order valence-corrected chi connectivity index (χ2v) is 4.46. The van der Waals surface area contributed by atoms with Gasteiger partial charge in [0.05, 0.1) is 13.5 Å². The van der Waals surface area contributed by atoms with Crippen molar-refractivity contribution in [3.8, 4) is 0 Å². The topological polar surface area (TPSA) is 46.6 Å². The summed E-state index contributed by atoms with van der Waals surface area (Å²) in [5.74, 6) is -0.109. The number of hydrogen-bond donors (Lipinski definition) is 0. The SMILES string of the molecule is CCCCCCCC(=O)N(CC)CCC(=O)OC. The molecule has 0 unspecified atom stereocenters. The van der Waals surface area contributed by atoms with Gasteiger partial charge in [-0.3, -0.25) is 9.59 Å². The number of amides is 1. The van der Waals surface area contributed by atoms with Gasteiger partial charge in [-0.15, -0.1) is 0 Å². The lowest BCUT2D eigenvalue weighted by Gasteiger charge is -2.20. The van der Waals surface area contributed by atoms with E-state index >= 15 is 0 Å². The van der Waals surface area contributed by atoms with E-state index in [2.05, 4.69) is 11.7 Å². The van der Waals surface area contributed by atoms with Gasteiger partial charge in [0.25, 0.3) is 0 Å². The van der Waals surface area contributed by atoms with Gasteiger partial charge in [-0.25, -0.2) is 0 Å². The zero-order chi connectivity index (χ0) is 13.8. The summed E-state index contributed by atoms with van der Waals surface area (Å²) >= 11 is 0. The van der Waals surface area contributed by atoms with Gasteiger partial charge in [0.1, 0.15) is 0 Å². The minimum atomic E-state index is -0.260. The number of carbonyl (C=O) groups is 2. The highest BCUT2D eigenvalue weighted by molar-refractivity contribution is 5.77. The largest absolute Gasteiger partial charge is 0.469 e. The number of carbonyl (C=O) groups excluding carboxylic acids is 2. The van der Waals surface area contributed by atoms with Gasteiger partial charge in [-0.05, 0) is 13.3 Å². The van der Waals surface area contributed by atoms with Crippen molar-refractivity contribution in [2.45, 2.75) is 58.8 Å². The number of rotatable bonds is 10. The predicted molar refractivity (Wildman–Crippen MR) is 72.3 cm³/mol. The van der Waals surface area contributed by atoms with Crippen molar-refractivity contribution in [3.05, 3.63) is 0 Å². The first-order chi connectivity index (χ1) is 8.65. The first-order valence-electron chi connectivity index (χ1n) is 7.00. The third-order valence-corrected chi connectivity index (χ3v) is 3.04. The molecule has 0 aliphatic heterocycles. The van der Waals surface area contributed by atoms with Crippen LogP contribution in [-0.4, -0.2) is 37.0 Å². The number of methoxy groups -OCH3 is 1. The van der Waals surface area contributed by atoms with Crippen LogP contribution in [0.2, 0.25) is 0 Å². The maximum Gasteiger partial charge on any atom is 0.307 e. The molecule has 0 atom stereocenters. The maximum absolute atomic E-state index is 11.9. The van der Waals surface area contributed by atoms with Gasteiger partial charge in [0.2, 0.25) is 5.91 Å². The highest BCUT2D eigenvalue weighted by Gasteiger charge is 2.12. The third-order valence-electron chi connectivity index (χ3n) is 3.04. The average molecular weight is 257 g/mol. The lowest BCUT2D eigenvalue weighted by atomic mass is 10.1. The molecular weight excluding hydrogens is 230 g/mol. The Balaban J connectivity index is 3.78. The van der Waals surface area contributed by atoms with Gasteiger partial charge < -0.3 is 9.64 Å². The van der Waals surface area contributed by atoms with Gasteiger partial charge in [0, 0.05) is 19.5 Å². The van der Waals surface area contributed by atoms with Crippen LogP contribution in [0.3, 0.4) is 0 Å². The number of hydrogen-bond acceptors (Lipinski definition) is 3. The minimum Gasteiger partial charge on any atom is -0.469 e. The van der Waals surface area contributed by atoms with Crippen LogP contribution < -0.4 is 0 Å². The summed E-state index contributed by atoms with van der Waals surface area (Å²) < 4.78 is 4.57. The Morgan fingerprint density at radius 2 is 1.67 bits per heavy atom. The van der Waals surface area contributed by atoms with Crippen molar-refractivity contribution < 1.29 is 14.3 Å². The molecule has 0 heterocycles. The van der Waals surface area contributed by atoms with Crippen molar-refractivity contribution in [2.24, 2.45) is 0 Å². The first-order valence-corrected chi connectivity index (χ1v) is 7.00. The zero-order valence-electron chi connectivity index (χ0n) is 12.0. The van der Waals surface area contributed by atoms with Crippen molar-refractivity contribution >= 4 is 11.9 Å². The fourth-order valence-electron chi connectivity index (χ4n) is 1.83. The summed E-state index contributed by atoms with van der Waals surface area (Å²) in [5.41, 5.74) is 0. The molecule has 0 fully saturated rings. The summed E-state index contributed by atoms with van der Waals surface area (Å²) in [6, 6.07) is 0. The van der Waals surface area contributed by atoms with E-state index in [4.69, 9.17) is 0 Å². The molecule has 0 aromatic rings. The molecule has 0 saturated heterocycles. The fourth-order valence-corrected chi connectivity index (χ4v) is 1.83. The quantitative estimate of drug-likeness (QED) is 0.446. The van der Waals surface area contributed by atoms with Crippen LogP contribution in [0.25, 0.3) is 0 Å². The third kappa shape index (κ3) is 8.09. The number of ether oxygens (including phenoxy) is 1. The molecule has 0 aliphatic carbocycles. The molecule has 0 aromatic carbocycles. The van der Waals surface area contributed by atoms with Crippen LogP contribution in [0.4, 0.5) is 0 Å². The van der Waals surface area contributed by atoms with Crippen LogP contribution >= 0.6 is 0 Å². The predicted octanol–water partition coefficient (Wildman–Crippen LogP) is 2.76. The van der Waals surface area contributed by atoms with Crippen LogP contribution in [0.5, 0.6) is 0 Å². The van der Waals surface area contributed by atoms with E-state index in [0.717, 1.165) is 12.8 Å². The Bertz CT molecular complexity index is 241. The molecule has 0 saturated carbocycles. The molecule has 4 heteroatoms. The van der Waals surface area contributed by atoms with Crippen LogP contribution in [0, 0.1) is 0 Å². The van der Waals surface area contributed by atoms with E-state index in [1.165, 1.54) is 26.4 Å². The van der Waals surface area contributed by atoms with Crippen molar-refractivity contribution in [1.82, 2.24) is 4.90 Å². The molecule has 4 nitrogen and oxygen atoms in total. The van der Waals surface area contributed by atoms with E-state index in [9.17, 15) is 9.59 Å². The van der Waals surface area contributed by atoms with Crippen LogP contribution in [0.15, 0.2) is 0 Å². The molecule has 0 aromatic heterocycles. The van der Waals surface area contributed by atoms with Crippen LogP contribution in [0.1, 0.15) is 58.8 Å². The number of unbranched alkanes of at least 4 members (excludes halogenated alkanes) is 4. The zero-order valence-corrected chi connectivity index (χ0v) is 12.0. The summed E-state index contributed by atoms with van der Waals surface area (Å²) in [4.78, 5) is 24.6. The van der Waals surface area contributed by atoms with Gasteiger partial charge >= 0.3 is 5.97 Å². The standard InChI is InChI=1S/C14H27NO3/c1-4-6-7-8-9-10-13(16)15(5-2)12-11-14(17)18-3/h4-12H2,1-3H3. The summed E-state index contributed by atoms with van der Waals surface area (Å²) in [6.45, 7) is 5.24. The molecule has 0 rings (SSSR count). The van der Waals surface area contributed by atoms with E-state index in [1.807, 2.05) is 6.92 Å². The molecule has 0 aliphatic rings. The smallest absolute Gasteiger partial charge is 0.307 e. The summed E-state index contributed by atoms with van der Waals surface area (Å²) in [5, 5.41) is 0. The molecule has 0 N–H and O–H groups in total. The molecule has 1 amide bonds. The van der Waals surface area contributed by atoms with E-state index < -0.39 is 0 Å². The van der Waals surface area contributed by atoms with E-state index in [1.54, 1.807) is 4.90 Å². The lowest BCUT2D eigenvalue weighted by Crippen LogP contribution is -2.32. The van der Waals surface area contributed by atoms with E-state index in [0.29, 0.717) is 19.5 Å². The molecule has 0 bridgehead atoms. The molecular formula is C14H27NO3. The minimum absolute atomic E-state index is 0.151. The fraction of sp³-hybridized carbons (Fsp3) is 0.857. The Morgan fingerprint density at radius 1 is 1.00 bits per heavy atom. The molecule has 18 heavy (non-hydrogen) atoms. The Hall–Kier alpha value is -1.06. The lowest BCUT2D eigenvalue weighted by molar-refractivity contribution is -0.141. The Labute approximate surface area is 111 Å². The summed E-state index contributed by atoms with van der Waals surface area (Å²) in [7, 11) is 1.37. The second kappa shape index (κ2) is 11.1. The number of nitrogens with zero attached hydrogens (tertiary/aromatic N) is 1. The van der Waals surface area contributed by atoms with Crippen molar-refractivity contribution in [2.75, 3.05) is 20.2 Å². The highest BCUT2D eigenvalue weighted by Crippen LogP contribution is 2.07.